The van der Waals surface area contributed by atoms with E-state index in [1.54, 1.807) is 29.6 Å². The van der Waals surface area contributed by atoms with Gasteiger partial charge in [0.15, 0.2) is 16.3 Å². The van der Waals surface area contributed by atoms with Gasteiger partial charge in [-0.25, -0.2) is 9.78 Å². The van der Waals surface area contributed by atoms with E-state index in [-0.39, 0.29) is 11.1 Å². The minimum Gasteiger partial charge on any atom is -0.491 e. The number of carbonyl (C=O) groups is 1. The quantitative estimate of drug-likeness (QED) is 0.731. The smallest absolute Gasteiger partial charge is 0.435 e. The third kappa shape index (κ3) is 3.19. The van der Waals surface area contributed by atoms with Crippen molar-refractivity contribution in [2.45, 2.75) is 26.1 Å². The van der Waals surface area contributed by atoms with Crippen LogP contribution in [0.2, 0.25) is 0 Å². The molecule has 3 aromatic rings. The molecule has 3 rings (SSSR count). The molecule has 25 heavy (non-hydrogen) atoms. The minimum absolute atomic E-state index is 0.0136. The molecule has 0 aliphatic carbocycles. The maximum atomic E-state index is 13.1. The van der Waals surface area contributed by atoms with Gasteiger partial charge in [-0.3, -0.25) is 4.40 Å². The summed E-state index contributed by atoms with van der Waals surface area (Å²) in [7, 11) is 0. The van der Waals surface area contributed by atoms with Crippen molar-refractivity contribution < 1.29 is 27.8 Å². The Morgan fingerprint density at radius 2 is 1.92 bits per heavy atom. The number of nitrogens with zero attached hydrogens (tertiary/aromatic N) is 2. The van der Waals surface area contributed by atoms with Crippen molar-refractivity contribution in [2.75, 3.05) is 0 Å². The van der Waals surface area contributed by atoms with Gasteiger partial charge in [0, 0.05) is 5.38 Å². The van der Waals surface area contributed by atoms with Crippen LogP contribution in [0.25, 0.3) is 16.2 Å². The summed E-state index contributed by atoms with van der Waals surface area (Å²) in [5, 5.41) is 10.8. The number of thiazole rings is 1. The van der Waals surface area contributed by atoms with E-state index in [2.05, 4.69) is 4.98 Å². The van der Waals surface area contributed by atoms with E-state index in [0.29, 0.717) is 17.0 Å². The van der Waals surface area contributed by atoms with Crippen molar-refractivity contribution in [1.82, 2.24) is 9.38 Å². The van der Waals surface area contributed by atoms with Crippen molar-refractivity contribution in [3.8, 4) is 17.0 Å². The van der Waals surface area contributed by atoms with Gasteiger partial charge in [0.25, 0.3) is 0 Å². The van der Waals surface area contributed by atoms with Gasteiger partial charge in [-0.1, -0.05) is 0 Å². The lowest BCUT2D eigenvalue weighted by molar-refractivity contribution is -0.141. The fourth-order valence-electron chi connectivity index (χ4n) is 2.43. The number of fused-ring (bicyclic) bond motifs is 1. The number of imidazole rings is 1. The van der Waals surface area contributed by atoms with E-state index in [1.165, 1.54) is 0 Å². The number of alkyl halides is 3. The van der Waals surface area contributed by atoms with Gasteiger partial charge in [-0.05, 0) is 43.7 Å². The Bertz CT molecular complexity index is 927. The SMILES string of the molecule is CC(C)Oc1ccc(-c2csc3nc(C(F)(F)F)c(C(=O)O)n23)cc1. The van der Waals surface area contributed by atoms with E-state index in [9.17, 15) is 23.1 Å². The first-order valence-corrected chi connectivity index (χ1v) is 8.14. The number of benzene rings is 1. The second kappa shape index (κ2) is 6.07. The minimum atomic E-state index is -4.84. The van der Waals surface area contributed by atoms with Gasteiger partial charge in [0.1, 0.15) is 5.75 Å². The molecule has 0 fully saturated rings. The van der Waals surface area contributed by atoms with Crippen molar-refractivity contribution in [3.63, 3.8) is 0 Å². The Morgan fingerprint density at radius 1 is 1.28 bits per heavy atom. The van der Waals surface area contributed by atoms with Crippen LogP contribution in [0.15, 0.2) is 29.6 Å². The highest BCUT2D eigenvalue weighted by atomic mass is 32.1. The lowest BCUT2D eigenvalue weighted by atomic mass is 10.1. The zero-order valence-electron chi connectivity index (χ0n) is 13.2. The second-order valence-corrected chi connectivity index (χ2v) is 6.38. The molecule has 0 aliphatic heterocycles. The Hall–Kier alpha value is -2.55. The summed E-state index contributed by atoms with van der Waals surface area (Å²) in [6, 6.07) is 6.69. The maximum Gasteiger partial charge on any atom is 0.435 e. The molecule has 0 saturated heterocycles. The molecule has 2 heterocycles. The van der Waals surface area contributed by atoms with Crippen LogP contribution in [-0.2, 0) is 6.18 Å². The molecule has 2 aromatic heterocycles. The third-order valence-electron chi connectivity index (χ3n) is 3.36. The van der Waals surface area contributed by atoms with Crippen LogP contribution >= 0.6 is 11.3 Å². The van der Waals surface area contributed by atoms with Gasteiger partial charge in [-0.15, -0.1) is 11.3 Å². The lowest BCUT2D eigenvalue weighted by Gasteiger charge is -2.10. The lowest BCUT2D eigenvalue weighted by Crippen LogP contribution is -2.14. The molecule has 1 N–H and O–H groups in total. The number of ether oxygens (including phenoxy) is 1. The molecule has 0 spiro atoms. The van der Waals surface area contributed by atoms with E-state index < -0.39 is 23.5 Å². The van der Waals surface area contributed by atoms with Crippen LogP contribution in [-0.4, -0.2) is 26.6 Å². The Balaban J connectivity index is 2.14. The summed E-state index contributed by atoms with van der Waals surface area (Å²) >= 11 is 0.949. The fourth-order valence-corrected chi connectivity index (χ4v) is 3.33. The number of aromatic carboxylic acids is 1. The number of hydrogen-bond acceptors (Lipinski definition) is 4. The van der Waals surface area contributed by atoms with E-state index in [4.69, 9.17) is 4.74 Å². The first-order chi connectivity index (χ1) is 11.7. The highest BCUT2D eigenvalue weighted by molar-refractivity contribution is 7.15. The Labute approximate surface area is 144 Å². The standard InChI is InChI=1S/C16H13F3N2O3S/c1-8(2)24-10-5-3-9(4-6-10)11-7-25-15-20-13(16(17,18)19)12(14(22)23)21(11)15/h3-8H,1-2H3,(H,22,23). The predicted octanol–water partition coefficient (Wildman–Crippen LogP) is 4.57. The van der Waals surface area contributed by atoms with Gasteiger partial charge < -0.3 is 9.84 Å². The molecular weight excluding hydrogens is 357 g/mol. The van der Waals surface area contributed by atoms with Crippen LogP contribution < -0.4 is 4.74 Å². The molecule has 5 nitrogen and oxygen atoms in total. The first-order valence-electron chi connectivity index (χ1n) is 7.26. The highest BCUT2D eigenvalue weighted by Gasteiger charge is 2.41. The third-order valence-corrected chi connectivity index (χ3v) is 4.18. The molecule has 9 heteroatoms. The fraction of sp³-hybridized carbons (Fsp3) is 0.250. The summed E-state index contributed by atoms with van der Waals surface area (Å²) in [6.07, 6.45) is -4.86. The van der Waals surface area contributed by atoms with Crippen molar-refractivity contribution in [2.24, 2.45) is 0 Å². The molecular formula is C16H13F3N2O3S. The number of carboxylic acids is 1. The molecule has 0 atom stereocenters. The average molecular weight is 370 g/mol. The summed E-state index contributed by atoms with van der Waals surface area (Å²) in [5.41, 5.74) is -1.39. The average Bonchev–Trinajstić information content (AvgIpc) is 3.05. The van der Waals surface area contributed by atoms with E-state index >= 15 is 0 Å². The highest BCUT2D eigenvalue weighted by Crippen LogP contribution is 2.36. The summed E-state index contributed by atoms with van der Waals surface area (Å²) in [5.74, 6) is -1.07. The number of halogens is 3. The van der Waals surface area contributed by atoms with Crippen LogP contribution in [0.5, 0.6) is 5.75 Å². The summed E-state index contributed by atoms with van der Waals surface area (Å²) < 4.78 is 45.8. The van der Waals surface area contributed by atoms with Crippen molar-refractivity contribution >= 4 is 22.3 Å². The Kier molecular flexibility index (Phi) is 4.19. The van der Waals surface area contributed by atoms with Crippen LogP contribution in [0.3, 0.4) is 0 Å². The number of carboxylic acid groups (broad SMARTS) is 1. The summed E-state index contributed by atoms with van der Waals surface area (Å²) in [6.45, 7) is 3.75. The van der Waals surface area contributed by atoms with Gasteiger partial charge in [-0.2, -0.15) is 13.2 Å². The topological polar surface area (TPSA) is 63.8 Å². The zero-order chi connectivity index (χ0) is 18.4. The monoisotopic (exact) mass is 370 g/mol. The maximum absolute atomic E-state index is 13.1. The van der Waals surface area contributed by atoms with Gasteiger partial charge >= 0.3 is 12.1 Å². The number of hydrogen-bond donors (Lipinski definition) is 1. The second-order valence-electron chi connectivity index (χ2n) is 5.54. The van der Waals surface area contributed by atoms with Crippen LogP contribution in [0, 0.1) is 0 Å². The largest absolute Gasteiger partial charge is 0.491 e. The molecule has 1 aromatic carbocycles. The van der Waals surface area contributed by atoms with Crippen molar-refractivity contribution in [1.29, 1.82) is 0 Å². The Morgan fingerprint density at radius 3 is 2.44 bits per heavy atom. The van der Waals surface area contributed by atoms with Crippen LogP contribution in [0.1, 0.15) is 30.0 Å². The van der Waals surface area contributed by atoms with Crippen LogP contribution in [0.4, 0.5) is 13.2 Å². The molecule has 0 aliphatic rings. The number of aromatic nitrogens is 2. The van der Waals surface area contributed by atoms with Gasteiger partial charge in [0.2, 0.25) is 0 Å². The predicted molar refractivity (Wildman–Crippen MR) is 86.2 cm³/mol. The molecule has 0 unspecified atom stereocenters. The number of rotatable bonds is 4. The normalized spacial score (nSPS) is 12.1. The molecule has 0 saturated carbocycles. The summed E-state index contributed by atoms with van der Waals surface area (Å²) in [4.78, 5) is 14.9. The van der Waals surface area contributed by atoms with E-state index in [0.717, 1.165) is 15.7 Å². The van der Waals surface area contributed by atoms with Crippen molar-refractivity contribution in [3.05, 3.63) is 41.0 Å². The molecule has 132 valence electrons. The van der Waals surface area contributed by atoms with E-state index in [1.807, 2.05) is 13.8 Å². The zero-order valence-corrected chi connectivity index (χ0v) is 14.0. The molecule has 0 bridgehead atoms. The molecule has 0 amide bonds. The van der Waals surface area contributed by atoms with Gasteiger partial charge in [0.05, 0.1) is 11.8 Å². The molecule has 0 radical (unpaired) electrons. The first kappa shape index (κ1) is 17.3.